The highest BCUT2D eigenvalue weighted by atomic mass is 16.4. The van der Waals surface area contributed by atoms with Crippen LogP contribution in [-0.2, 0) is 0 Å². The van der Waals surface area contributed by atoms with Crippen molar-refractivity contribution in [2.24, 2.45) is 0 Å². The van der Waals surface area contributed by atoms with E-state index in [0.717, 1.165) is 24.2 Å². The van der Waals surface area contributed by atoms with Crippen LogP contribution in [0.4, 0.5) is 5.69 Å². The topological polar surface area (TPSA) is 33.5 Å². The van der Waals surface area contributed by atoms with Gasteiger partial charge < -0.3 is 9.32 Å². The van der Waals surface area contributed by atoms with Gasteiger partial charge in [0.25, 0.3) is 0 Å². The summed E-state index contributed by atoms with van der Waals surface area (Å²) in [6.07, 6.45) is 0. The van der Waals surface area contributed by atoms with Gasteiger partial charge in [0, 0.05) is 36.3 Å². The fourth-order valence-electron chi connectivity index (χ4n) is 1.83. The Kier molecular flexibility index (Phi) is 4.32. The van der Waals surface area contributed by atoms with E-state index in [2.05, 4.69) is 24.8 Å². The van der Waals surface area contributed by atoms with E-state index in [1.807, 2.05) is 12.1 Å². The largest absolute Gasteiger partial charge is 0.423 e. The quantitative estimate of drug-likeness (QED) is 0.763. The minimum atomic E-state index is -0.302. The molecule has 3 nitrogen and oxygen atoms in total. The molecule has 0 N–H and O–H groups in total. The van der Waals surface area contributed by atoms with Crippen LogP contribution in [0.5, 0.6) is 0 Å². The summed E-state index contributed by atoms with van der Waals surface area (Å²) in [6, 6.07) is 9.18. The SMILES string of the molecule is C.CCN(CC)c1ccc2ccc(=O)oc2c1. The van der Waals surface area contributed by atoms with E-state index < -0.39 is 0 Å². The van der Waals surface area contributed by atoms with E-state index in [1.54, 1.807) is 6.07 Å². The van der Waals surface area contributed by atoms with Gasteiger partial charge in [0.15, 0.2) is 0 Å². The van der Waals surface area contributed by atoms with E-state index in [9.17, 15) is 4.79 Å². The molecule has 92 valence electrons. The standard InChI is InChI=1S/C13H15NO2.CH4/c1-3-14(4-2)11-7-5-10-6-8-13(15)16-12(10)9-11;/h5-9H,3-4H2,1-2H3;1H4. The molecule has 2 aromatic rings. The van der Waals surface area contributed by atoms with Crippen molar-refractivity contribution in [1.29, 1.82) is 0 Å². The minimum Gasteiger partial charge on any atom is -0.423 e. The number of anilines is 1. The number of nitrogens with zero attached hydrogens (tertiary/aromatic N) is 1. The third-order valence-electron chi connectivity index (χ3n) is 2.74. The molecule has 2 rings (SSSR count). The van der Waals surface area contributed by atoms with Crippen LogP contribution in [0.3, 0.4) is 0 Å². The Hall–Kier alpha value is -1.77. The Morgan fingerprint density at radius 2 is 1.76 bits per heavy atom. The molecule has 0 aliphatic carbocycles. The fourth-order valence-corrected chi connectivity index (χ4v) is 1.83. The lowest BCUT2D eigenvalue weighted by atomic mass is 10.2. The van der Waals surface area contributed by atoms with E-state index in [0.29, 0.717) is 5.58 Å². The van der Waals surface area contributed by atoms with Gasteiger partial charge in [0.05, 0.1) is 0 Å². The molecule has 1 aromatic heterocycles. The molecule has 0 spiro atoms. The van der Waals surface area contributed by atoms with Gasteiger partial charge in [-0.2, -0.15) is 0 Å². The maximum Gasteiger partial charge on any atom is 0.336 e. The second-order valence-corrected chi connectivity index (χ2v) is 3.65. The highest BCUT2D eigenvalue weighted by Gasteiger charge is 2.04. The zero-order chi connectivity index (χ0) is 11.5. The first kappa shape index (κ1) is 13.3. The molecule has 0 saturated carbocycles. The monoisotopic (exact) mass is 233 g/mol. The van der Waals surface area contributed by atoms with Crippen LogP contribution in [0, 0.1) is 0 Å². The lowest BCUT2D eigenvalue weighted by Gasteiger charge is -2.20. The molecular weight excluding hydrogens is 214 g/mol. The number of hydrogen-bond donors (Lipinski definition) is 0. The van der Waals surface area contributed by atoms with Gasteiger partial charge in [-0.25, -0.2) is 4.79 Å². The van der Waals surface area contributed by atoms with Gasteiger partial charge in [0.1, 0.15) is 5.58 Å². The maximum absolute atomic E-state index is 11.1. The fraction of sp³-hybridized carbons (Fsp3) is 0.357. The first-order valence-electron chi connectivity index (χ1n) is 5.53. The van der Waals surface area contributed by atoms with Gasteiger partial charge in [-0.15, -0.1) is 0 Å². The molecule has 3 heteroatoms. The summed E-state index contributed by atoms with van der Waals surface area (Å²) in [5.41, 5.74) is 1.44. The van der Waals surface area contributed by atoms with Crippen molar-refractivity contribution in [1.82, 2.24) is 0 Å². The van der Waals surface area contributed by atoms with Crippen LogP contribution >= 0.6 is 0 Å². The van der Waals surface area contributed by atoms with E-state index in [1.165, 1.54) is 6.07 Å². The average molecular weight is 233 g/mol. The van der Waals surface area contributed by atoms with Gasteiger partial charge in [0.2, 0.25) is 0 Å². The Labute approximate surface area is 102 Å². The number of benzene rings is 1. The van der Waals surface area contributed by atoms with Crippen LogP contribution in [0.1, 0.15) is 21.3 Å². The predicted molar refractivity (Wildman–Crippen MR) is 72.8 cm³/mol. The zero-order valence-corrected chi connectivity index (χ0v) is 9.56. The summed E-state index contributed by atoms with van der Waals surface area (Å²) < 4.78 is 5.16. The summed E-state index contributed by atoms with van der Waals surface area (Å²) in [6.45, 7) is 6.10. The lowest BCUT2D eigenvalue weighted by Crippen LogP contribution is -2.21. The summed E-state index contributed by atoms with van der Waals surface area (Å²) in [4.78, 5) is 13.3. The third kappa shape index (κ3) is 2.67. The summed E-state index contributed by atoms with van der Waals surface area (Å²) in [7, 11) is 0. The molecule has 0 unspecified atom stereocenters. The molecule has 0 amide bonds. The number of rotatable bonds is 3. The van der Waals surface area contributed by atoms with Crippen molar-refractivity contribution in [2.45, 2.75) is 21.3 Å². The second kappa shape index (κ2) is 5.53. The average Bonchev–Trinajstić information content (AvgIpc) is 2.30. The highest BCUT2D eigenvalue weighted by Crippen LogP contribution is 2.20. The van der Waals surface area contributed by atoms with E-state index >= 15 is 0 Å². The second-order valence-electron chi connectivity index (χ2n) is 3.65. The number of fused-ring (bicyclic) bond motifs is 1. The minimum absolute atomic E-state index is 0. The smallest absolute Gasteiger partial charge is 0.336 e. The van der Waals surface area contributed by atoms with Crippen molar-refractivity contribution >= 4 is 16.7 Å². The molecule has 17 heavy (non-hydrogen) atoms. The molecule has 0 atom stereocenters. The van der Waals surface area contributed by atoms with Gasteiger partial charge in [-0.05, 0) is 32.0 Å². The number of hydrogen-bond acceptors (Lipinski definition) is 3. The van der Waals surface area contributed by atoms with Crippen molar-refractivity contribution in [3.63, 3.8) is 0 Å². The van der Waals surface area contributed by atoms with Crippen LogP contribution in [0.25, 0.3) is 11.0 Å². The van der Waals surface area contributed by atoms with Crippen LogP contribution in [0.15, 0.2) is 39.5 Å². The zero-order valence-electron chi connectivity index (χ0n) is 9.56. The van der Waals surface area contributed by atoms with Crippen molar-refractivity contribution < 1.29 is 4.42 Å². The molecule has 1 aromatic carbocycles. The Bertz CT molecular complexity index is 541. The van der Waals surface area contributed by atoms with Crippen LogP contribution in [-0.4, -0.2) is 13.1 Å². The molecule has 0 aliphatic heterocycles. The Morgan fingerprint density at radius 3 is 2.41 bits per heavy atom. The first-order chi connectivity index (χ1) is 7.74. The van der Waals surface area contributed by atoms with Gasteiger partial charge in [-0.3, -0.25) is 0 Å². The van der Waals surface area contributed by atoms with Crippen molar-refractivity contribution in [2.75, 3.05) is 18.0 Å². The summed E-state index contributed by atoms with van der Waals surface area (Å²) >= 11 is 0. The molecule has 0 bridgehead atoms. The Balaban J connectivity index is 0.00000144. The summed E-state index contributed by atoms with van der Waals surface area (Å²) in [5.74, 6) is 0. The highest BCUT2D eigenvalue weighted by molar-refractivity contribution is 5.80. The summed E-state index contributed by atoms with van der Waals surface area (Å²) in [5, 5.41) is 0.954. The predicted octanol–water partition coefficient (Wildman–Crippen LogP) is 3.28. The molecule has 0 saturated heterocycles. The van der Waals surface area contributed by atoms with E-state index in [-0.39, 0.29) is 13.1 Å². The molecule has 0 fully saturated rings. The lowest BCUT2D eigenvalue weighted by molar-refractivity contribution is 0.561. The van der Waals surface area contributed by atoms with E-state index in [4.69, 9.17) is 4.42 Å². The van der Waals surface area contributed by atoms with Crippen LogP contribution in [0.2, 0.25) is 0 Å². The third-order valence-corrected chi connectivity index (χ3v) is 2.74. The molecule has 0 aliphatic rings. The first-order valence-corrected chi connectivity index (χ1v) is 5.53. The Morgan fingerprint density at radius 1 is 1.12 bits per heavy atom. The molecule has 1 heterocycles. The van der Waals surface area contributed by atoms with Gasteiger partial charge >= 0.3 is 5.63 Å². The molecule has 0 radical (unpaired) electrons. The van der Waals surface area contributed by atoms with Gasteiger partial charge in [-0.1, -0.05) is 7.43 Å². The molecular formula is C14H19NO2. The van der Waals surface area contributed by atoms with Crippen molar-refractivity contribution in [3.05, 3.63) is 40.8 Å². The maximum atomic E-state index is 11.1. The van der Waals surface area contributed by atoms with Crippen molar-refractivity contribution in [3.8, 4) is 0 Å². The van der Waals surface area contributed by atoms with Crippen LogP contribution < -0.4 is 10.5 Å². The normalized spacial score (nSPS) is 10.0.